The molecular weight excluding hydrogens is 602 g/mol. The van der Waals surface area contributed by atoms with Crippen molar-refractivity contribution in [1.82, 2.24) is 15.1 Å². The summed E-state index contributed by atoms with van der Waals surface area (Å²) in [6, 6.07) is 6.52. The summed E-state index contributed by atoms with van der Waals surface area (Å²) in [6.07, 6.45) is -8.34. The van der Waals surface area contributed by atoms with Crippen molar-refractivity contribution in [1.29, 1.82) is 0 Å². The Morgan fingerprint density at radius 3 is 2.21 bits per heavy atom. The zero-order valence-electron chi connectivity index (χ0n) is 21.1. The van der Waals surface area contributed by atoms with Crippen molar-refractivity contribution >= 4 is 41.4 Å². The van der Waals surface area contributed by atoms with Crippen LogP contribution < -0.4 is 11.1 Å². The number of carboxylic acid groups (broad SMARTS) is 2. The van der Waals surface area contributed by atoms with Crippen LogP contribution in [-0.4, -0.2) is 92.3 Å². The second-order valence-electron chi connectivity index (χ2n) is 9.03. The number of carbonyl (C=O) groups is 5. The van der Waals surface area contributed by atoms with Gasteiger partial charge in [-0.3, -0.25) is 19.3 Å². The number of amides is 3. The van der Waals surface area contributed by atoms with Crippen LogP contribution in [-0.2, 0) is 24.0 Å². The van der Waals surface area contributed by atoms with Gasteiger partial charge in [0.1, 0.15) is 29.7 Å². The Morgan fingerprint density at radius 1 is 1.10 bits per heavy atom. The maximum absolute atomic E-state index is 12.8. The number of alkyl halides is 6. The predicted molar refractivity (Wildman–Crippen MR) is 132 cm³/mol. The first-order valence-corrected chi connectivity index (χ1v) is 12.9. The molecule has 2 saturated heterocycles. The molecule has 0 aliphatic carbocycles. The maximum atomic E-state index is 12.8. The minimum absolute atomic E-state index is 0.0312. The Balaban J connectivity index is 0.000000616. The summed E-state index contributed by atoms with van der Waals surface area (Å²) in [6.45, 7) is -1.52. The van der Waals surface area contributed by atoms with E-state index in [0.717, 1.165) is 4.90 Å². The monoisotopic (exact) mass is 624 g/mol. The molecule has 42 heavy (non-hydrogen) atoms. The Morgan fingerprint density at radius 2 is 1.69 bits per heavy atom. The number of thioether (sulfide) groups is 1. The van der Waals surface area contributed by atoms with Crippen molar-refractivity contribution < 1.29 is 60.5 Å². The summed E-state index contributed by atoms with van der Waals surface area (Å²) >= 11 is 1.18. The maximum Gasteiger partial charge on any atom is 0.490 e. The Kier molecular flexibility index (Phi) is 9.61. The van der Waals surface area contributed by atoms with Gasteiger partial charge in [0.05, 0.1) is 0 Å². The van der Waals surface area contributed by atoms with Crippen molar-refractivity contribution in [3.8, 4) is 0 Å². The largest absolute Gasteiger partial charge is 0.490 e. The lowest BCUT2D eigenvalue weighted by Gasteiger charge is -2.49. The van der Waals surface area contributed by atoms with Crippen molar-refractivity contribution in [2.45, 2.75) is 36.2 Å². The number of β-lactam (4-membered cyclic amide) rings is 1. The number of nitrogens with two attached hydrogens (primary N) is 1. The molecule has 0 unspecified atom stereocenters. The number of rotatable bonds is 6. The quantitative estimate of drug-likeness (QED) is 0.209. The molecule has 2 fully saturated rings. The van der Waals surface area contributed by atoms with Crippen LogP contribution in [0.1, 0.15) is 18.0 Å². The second kappa shape index (κ2) is 12.4. The van der Waals surface area contributed by atoms with E-state index >= 15 is 0 Å². The standard InChI is InChI=1S/C22H21F3N4O5S.C2HF3O2/c23-22(24,25)10-28-7-6-12(18(28)31)8-13-9-35-20-15(19(32)29(20)16(13)21(33)34)27-17(30)14(26)11-4-2-1-3-5-11;3-2(4,5)1(6)7/h1-5,8,14-15,20H,6-7,9-10,26H2,(H,27,30)(H,33,34);(H,6,7)/b12-8+;/t14-,15-,20-;/m1./s1. The van der Waals surface area contributed by atoms with E-state index < -0.39 is 66.0 Å². The number of hydrogen-bond donors (Lipinski definition) is 4. The molecule has 1 aromatic rings. The molecule has 3 aliphatic heterocycles. The van der Waals surface area contributed by atoms with Gasteiger partial charge in [-0.1, -0.05) is 30.3 Å². The van der Waals surface area contributed by atoms with E-state index in [1.54, 1.807) is 30.3 Å². The number of nitrogens with zero attached hydrogens (tertiary/aromatic N) is 2. The van der Waals surface area contributed by atoms with Gasteiger partial charge in [0, 0.05) is 17.9 Å². The molecule has 0 bridgehead atoms. The van der Waals surface area contributed by atoms with Gasteiger partial charge >= 0.3 is 24.3 Å². The molecule has 0 radical (unpaired) electrons. The summed E-state index contributed by atoms with van der Waals surface area (Å²) in [7, 11) is 0. The molecular formula is C24H22F6N4O7S. The Hall–Kier alpha value is -4.06. The Bertz CT molecular complexity index is 1330. The van der Waals surface area contributed by atoms with Crippen LogP contribution in [0.4, 0.5) is 26.3 Å². The van der Waals surface area contributed by atoms with Gasteiger partial charge in [0.25, 0.3) is 5.91 Å². The summed E-state index contributed by atoms with van der Waals surface area (Å²) in [5.74, 6) is -6.15. The summed E-state index contributed by atoms with van der Waals surface area (Å²) < 4.78 is 69.7. The van der Waals surface area contributed by atoms with Crippen molar-refractivity contribution in [2.75, 3.05) is 18.8 Å². The topological polar surface area (TPSA) is 170 Å². The summed E-state index contributed by atoms with van der Waals surface area (Å²) in [4.78, 5) is 60.3. The van der Waals surface area contributed by atoms with E-state index in [-0.39, 0.29) is 35.6 Å². The van der Waals surface area contributed by atoms with Crippen molar-refractivity contribution in [3.63, 3.8) is 0 Å². The number of nitrogens with one attached hydrogen (secondary N) is 1. The van der Waals surface area contributed by atoms with Crippen LogP contribution >= 0.6 is 11.8 Å². The molecule has 3 atom stereocenters. The van der Waals surface area contributed by atoms with E-state index in [2.05, 4.69) is 5.32 Å². The molecule has 228 valence electrons. The number of likely N-dealkylation sites (tertiary alicyclic amines) is 1. The van der Waals surface area contributed by atoms with E-state index in [9.17, 15) is 50.6 Å². The number of allylic oxidation sites excluding steroid dienone is 1. The lowest BCUT2D eigenvalue weighted by atomic mass is 10.00. The average molecular weight is 625 g/mol. The zero-order chi connectivity index (χ0) is 31.6. The fourth-order valence-corrected chi connectivity index (χ4v) is 5.49. The minimum Gasteiger partial charge on any atom is -0.477 e. The first kappa shape index (κ1) is 32.5. The number of carboxylic acids is 2. The van der Waals surface area contributed by atoms with Crippen LogP contribution in [0.5, 0.6) is 0 Å². The fourth-order valence-electron chi connectivity index (χ4n) is 4.19. The minimum atomic E-state index is -5.08. The van der Waals surface area contributed by atoms with E-state index in [1.807, 2.05) is 0 Å². The highest BCUT2D eigenvalue weighted by Crippen LogP contribution is 2.41. The third-order valence-corrected chi connectivity index (χ3v) is 7.42. The van der Waals surface area contributed by atoms with Crippen LogP contribution in [0.15, 0.2) is 53.3 Å². The number of fused-ring (bicyclic) bond motifs is 1. The number of aliphatic carboxylic acids is 2. The highest BCUT2D eigenvalue weighted by molar-refractivity contribution is 8.00. The number of carbonyl (C=O) groups excluding carboxylic acids is 3. The smallest absolute Gasteiger partial charge is 0.477 e. The predicted octanol–water partition coefficient (Wildman–Crippen LogP) is 1.78. The first-order chi connectivity index (χ1) is 19.4. The molecule has 0 saturated carbocycles. The molecule has 5 N–H and O–H groups in total. The van der Waals surface area contributed by atoms with Gasteiger partial charge < -0.3 is 26.2 Å². The lowest BCUT2D eigenvalue weighted by molar-refractivity contribution is -0.192. The van der Waals surface area contributed by atoms with Crippen molar-refractivity contribution in [3.05, 3.63) is 58.8 Å². The van der Waals surface area contributed by atoms with E-state index in [1.165, 1.54) is 17.8 Å². The summed E-state index contributed by atoms with van der Waals surface area (Å²) in [5, 5.41) is 18.8. The number of hydrogen-bond acceptors (Lipinski definition) is 7. The van der Waals surface area contributed by atoms with Gasteiger partial charge in [0.2, 0.25) is 11.8 Å². The van der Waals surface area contributed by atoms with Crippen LogP contribution in [0.2, 0.25) is 0 Å². The molecule has 0 aromatic heterocycles. The van der Waals surface area contributed by atoms with Gasteiger partial charge in [-0.05, 0) is 23.6 Å². The third kappa shape index (κ3) is 7.41. The summed E-state index contributed by atoms with van der Waals surface area (Å²) in [5.41, 5.74) is 6.36. The molecule has 18 heteroatoms. The highest BCUT2D eigenvalue weighted by Gasteiger charge is 2.54. The number of halogens is 6. The fraction of sp³-hybridized carbons (Fsp3) is 0.375. The molecule has 3 heterocycles. The van der Waals surface area contributed by atoms with Gasteiger partial charge in [-0.2, -0.15) is 26.3 Å². The average Bonchev–Trinajstić information content (AvgIpc) is 3.23. The van der Waals surface area contributed by atoms with E-state index in [0.29, 0.717) is 10.5 Å². The molecule has 4 rings (SSSR count). The molecule has 1 aromatic carbocycles. The van der Waals surface area contributed by atoms with Crippen LogP contribution in [0.3, 0.4) is 0 Å². The zero-order valence-corrected chi connectivity index (χ0v) is 21.9. The first-order valence-electron chi connectivity index (χ1n) is 11.8. The van der Waals surface area contributed by atoms with Gasteiger partial charge in [0.15, 0.2) is 0 Å². The Labute approximate surface area is 237 Å². The van der Waals surface area contributed by atoms with Crippen LogP contribution in [0, 0.1) is 0 Å². The normalized spacial score (nSPS) is 22.2. The third-order valence-electron chi connectivity index (χ3n) is 6.11. The molecule has 11 nitrogen and oxygen atoms in total. The number of benzene rings is 1. The van der Waals surface area contributed by atoms with Gasteiger partial charge in [-0.15, -0.1) is 11.8 Å². The van der Waals surface area contributed by atoms with E-state index in [4.69, 9.17) is 15.6 Å². The van der Waals surface area contributed by atoms with Gasteiger partial charge in [-0.25, -0.2) is 9.59 Å². The second-order valence-corrected chi connectivity index (χ2v) is 10.1. The molecule has 0 spiro atoms. The SMILES string of the molecule is N[C@@H](C(=O)N[C@@H]1C(=O)N2C(C(=O)O)=C(/C=C3\CCN(CC(F)(F)F)C3=O)CS[C@H]12)c1ccccc1.O=C(O)C(F)(F)F. The van der Waals surface area contributed by atoms with Crippen molar-refractivity contribution in [2.24, 2.45) is 5.73 Å². The van der Waals surface area contributed by atoms with Crippen LogP contribution in [0.25, 0.3) is 0 Å². The highest BCUT2D eigenvalue weighted by atomic mass is 32.2. The molecule has 3 amide bonds. The molecule has 3 aliphatic rings. The lowest BCUT2D eigenvalue weighted by Crippen LogP contribution is -2.71.